The molecule has 1 aromatic carbocycles. The summed E-state index contributed by atoms with van der Waals surface area (Å²) in [6.07, 6.45) is 0.873. The summed E-state index contributed by atoms with van der Waals surface area (Å²) in [6, 6.07) is 4.41. The Hall–Kier alpha value is -1.66. The van der Waals surface area contributed by atoms with Gasteiger partial charge in [-0.1, -0.05) is 6.92 Å². The molecule has 0 aromatic heterocycles. The van der Waals surface area contributed by atoms with Gasteiger partial charge in [-0.3, -0.25) is 9.69 Å². The maximum absolute atomic E-state index is 14.0. The topological polar surface area (TPSA) is 53.0 Å². The highest BCUT2D eigenvalue weighted by atomic mass is 19.1. The predicted octanol–water partition coefficient (Wildman–Crippen LogP) is 1.36. The Morgan fingerprint density at radius 3 is 2.55 bits per heavy atom. The first-order valence-corrected chi connectivity index (χ1v) is 7.58. The molecule has 1 heterocycles. The molecule has 1 aliphatic heterocycles. The average Bonchev–Trinajstić information content (AvgIpc) is 2.56. The van der Waals surface area contributed by atoms with Gasteiger partial charge < -0.3 is 14.7 Å². The van der Waals surface area contributed by atoms with Crippen LogP contribution in [-0.2, 0) is 0 Å². The maximum atomic E-state index is 14.0. The third-order valence-electron chi connectivity index (χ3n) is 4.21. The molecule has 1 amide bonds. The molecule has 1 saturated heterocycles. The highest BCUT2D eigenvalue weighted by molar-refractivity contribution is 5.94. The molecule has 5 nitrogen and oxygen atoms in total. The van der Waals surface area contributed by atoms with Crippen LogP contribution in [0, 0.1) is 5.82 Å². The normalized spacial score (nSPS) is 17.4. The second-order valence-electron chi connectivity index (χ2n) is 5.42. The number of carbonyl (C=O) groups is 1. The number of halogens is 1. The lowest BCUT2D eigenvalue weighted by Gasteiger charge is -2.38. The summed E-state index contributed by atoms with van der Waals surface area (Å²) < 4.78 is 18.9. The molecule has 6 heteroatoms. The van der Waals surface area contributed by atoms with Gasteiger partial charge in [0.15, 0.2) is 0 Å². The number of benzene rings is 1. The summed E-state index contributed by atoms with van der Waals surface area (Å²) >= 11 is 0. The minimum Gasteiger partial charge on any atom is -0.497 e. The smallest absolute Gasteiger partial charge is 0.256 e. The van der Waals surface area contributed by atoms with Crippen molar-refractivity contribution in [2.75, 3.05) is 39.9 Å². The maximum Gasteiger partial charge on any atom is 0.256 e. The molecule has 0 bridgehead atoms. The molecule has 1 N–H and O–H groups in total. The molecule has 1 aliphatic rings. The molecule has 0 spiro atoms. The number of ether oxygens (including phenoxy) is 1. The summed E-state index contributed by atoms with van der Waals surface area (Å²) in [5.41, 5.74) is 0.0726. The number of methoxy groups -OCH3 is 1. The van der Waals surface area contributed by atoms with Gasteiger partial charge in [0.05, 0.1) is 19.3 Å². The van der Waals surface area contributed by atoms with E-state index in [2.05, 4.69) is 4.90 Å². The van der Waals surface area contributed by atoms with E-state index < -0.39 is 5.82 Å². The van der Waals surface area contributed by atoms with E-state index in [1.54, 1.807) is 11.0 Å². The van der Waals surface area contributed by atoms with E-state index in [9.17, 15) is 14.3 Å². The van der Waals surface area contributed by atoms with Crippen molar-refractivity contribution >= 4 is 5.91 Å². The van der Waals surface area contributed by atoms with Gasteiger partial charge >= 0.3 is 0 Å². The number of amides is 1. The van der Waals surface area contributed by atoms with Gasteiger partial charge in [-0.05, 0) is 18.6 Å². The van der Waals surface area contributed by atoms with E-state index in [1.807, 2.05) is 6.92 Å². The number of hydrogen-bond donors (Lipinski definition) is 1. The van der Waals surface area contributed by atoms with Gasteiger partial charge in [-0.2, -0.15) is 0 Å². The third kappa shape index (κ3) is 3.56. The zero-order valence-electron chi connectivity index (χ0n) is 13.1. The van der Waals surface area contributed by atoms with E-state index in [0.29, 0.717) is 31.9 Å². The van der Waals surface area contributed by atoms with Crippen LogP contribution in [-0.4, -0.2) is 66.8 Å². The first-order chi connectivity index (χ1) is 10.6. The lowest BCUT2D eigenvalue weighted by atomic mass is 10.1. The Labute approximate surface area is 130 Å². The summed E-state index contributed by atoms with van der Waals surface area (Å²) in [7, 11) is 1.46. The number of carbonyl (C=O) groups excluding carboxylic acids is 1. The summed E-state index contributed by atoms with van der Waals surface area (Å²) in [4.78, 5) is 16.2. The Kier molecular flexibility index (Phi) is 5.74. The van der Waals surface area contributed by atoms with Gasteiger partial charge in [-0.15, -0.1) is 0 Å². The van der Waals surface area contributed by atoms with Crippen LogP contribution in [0.1, 0.15) is 23.7 Å². The lowest BCUT2D eigenvalue weighted by Crippen LogP contribution is -2.52. The van der Waals surface area contributed by atoms with E-state index in [0.717, 1.165) is 6.42 Å². The van der Waals surface area contributed by atoms with Crippen molar-refractivity contribution in [2.24, 2.45) is 0 Å². The number of rotatable bonds is 5. The minimum atomic E-state index is -0.562. The van der Waals surface area contributed by atoms with Crippen LogP contribution in [0.4, 0.5) is 4.39 Å². The van der Waals surface area contributed by atoms with Crippen molar-refractivity contribution in [1.29, 1.82) is 0 Å². The van der Waals surface area contributed by atoms with Crippen LogP contribution >= 0.6 is 0 Å². The van der Waals surface area contributed by atoms with E-state index in [4.69, 9.17) is 4.74 Å². The van der Waals surface area contributed by atoms with Crippen molar-refractivity contribution in [2.45, 2.75) is 19.4 Å². The number of aliphatic hydroxyl groups excluding tert-OH is 1. The van der Waals surface area contributed by atoms with E-state index >= 15 is 0 Å². The second-order valence-corrected chi connectivity index (χ2v) is 5.42. The summed E-state index contributed by atoms with van der Waals surface area (Å²) in [5, 5.41) is 9.33. The first-order valence-electron chi connectivity index (χ1n) is 7.58. The van der Waals surface area contributed by atoms with Crippen LogP contribution in [0.5, 0.6) is 5.75 Å². The van der Waals surface area contributed by atoms with Gasteiger partial charge in [0.1, 0.15) is 11.6 Å². The highest BCUT2D eigenvalue weighted by Gasteiger charge is 2.26. The summed E-state index contributed by atoms with van der Waals surface area (Å²) in [5.74, 6) is -0.460. The molecule has 1 aromatic rings. The molecule has 0 radical (unpaired) electrons. The van der Waals surface area contributed by atoms with Crippen molar-refractivity contribution in [3.05, 3.63) is 29.6 Å². The minimum absolute atomic E-state index is 0.0726. The molecule has 0 aliphatic carbocycles. The van der Waals surface area contributed by atoms with Gasteiger partial charge in [-0.25, -0.2) is 4.39 Å². The van der Waals surface area contributed by atoms with Crippen LogP contribution in [0.25, 0.3) is 0 Å². The second kappa shape index (κ2) is 7.56. The fourth-order valence-corrected chi connectivity index (χ4v) is 2.76. The predicted molar refractivity (Wildman–Crippen MR) is 81.6 cm³/mol. The number of aliphatic hydroxyl groups is 1. The SMILES string of the molecule is CCC(CO)N1CCN(C(=O)c2ccc(OC)cc2F)CC1. The molecule has 0 saturated carbocycles. The first kappa shape index (κ1) is 16.7. The molecular formula is C16H23FN2O3. The Morgan fingerprint density at radius 2 is 2.05 bits per heavy atom. The van der Waals surface area contributed by atoms with Gasteiger partial charge in [0, 0.05) is 38.3 Å². The molecule has 22 heavy (non-hydrogen) atoms. The third-order valence-corrected chi connectivity index (χ3v) is 4.21. The fraction of sp³-hybridized carbons (Fsp3) is 0.562. The molecule has 1 unspecified atom stereocenters. The van der Waals surface area contributed by atoms with Crippen molar-refractivity contribution in [3.8, 4) is 5.75 Å². The van der Waals surface area contributed by atoms with Crippen LogP contribution in [0.15, 0.2) is 18.2 Å². The number of piperazine rings is 1. The van der Waals surface area contributed by atoms with E-state index in [-0.39, 0.29) is 24.1 Å². The molecule has 2 rings (SSSR count). The number of nitrogens with zero attached hydrogens (tertiary/aromatic N) is 2. The van der Waals surface area contributed by atoms with Crippen molar-refractivity contribution < 1.29 is 19.0 Å². The Morgan fingerprint density at radius 1 is 1.36 bits per heavy atom. The Bertz CT molecular complexity index is 512. The lowest BCUT2D eigenvalue weighted by molar-refractivity contribution is 0.0469. The van der Waals surface area contributed by atoms with Crippen molar-refractivity contribution in [3.63, 3.8) is 0 Å². The monoisotopic (exact) mass is 310 g/mol. The standard InChI is InChI=1S/C16H23FN2O3/c1-3-12(11-20)18-6-8-19(9-7-18)16(21)14-5-4-13(22-2)10-15(14)17/h4-5,10,12,20H,3,6-9,11H2,1-2H3. The van der Waals surface area contributed by atoms with Crippen molar-refractivity contribution in [1.82, 2.24) is 9.80 Å². The van der Waals surface area contributed by atoms with Crippen LogP contribution < -0.4 is 4.74 Å². The largest absolute Gasteiger partial charge is 0.497 e. The highest BCUT2D eigenvalue weighted by Crippen LogP contribution is 2.19. The van der Waals surface area contributed by atoms with E-state index in [1.165, 1.54) is 19.2 Å². The molecule has 1 fully saturated rings. The molecule has 122 valence electrons. The fourth-order valence-electron chi connectivity index (χ4n) is 2.76. The summed E-state index contributed by atoms with van der Waals surface area (Å²) in [6.45, 7) is 4.63. The molecular weight excluding hydrogens is 287 g/mol. The zero-order valence-corrected chi connectivity index (χ0v) is 13.1. The average molecular weight is 310 g/mol. The van der Waals surface area contributed by atoms with Gasteiger partial charge in [0.25, 0.3) is 5.91 Å². The number of hydrogen-bond acceptors (Lipinski definition) is 4. The van der Waals surface area contributed by atoms with Gasteiger partial charge in [0.2, 0.25) is 0 Å². The Balaban J connectivity index is 2.00. The van der Waals surface area contributed by atoms with Crippen LogP contribution in [0.2, 0.25) is 0 Å². The van der Waals surface area contributed by atoms with Crippen LogP contribution in [0.3, 0.4) is 0 Å². The zero-order chi connectivity index (χ0) is 16.1. The molecule has 1 atom stereocenters. The quantitative estimate of drug-likeness (QED) is 0.892.